The lowest BCUT2D eigenvalue weighted by Gasteiger charge is -2.32. The van der Waals surface area contributed by atoms with Gasteiger partial charge in [-0.05, 0) is 37.3 Å². The second-order valence-electron chi connectivity index (χ2n) is 6.88. The molecule has 0 aromatic heterocycles. The lowest BCUT2D eigenvalue weighted by atomic mass is 10.1. The van der Waals surface area contributed by atoms with Crippen LogP contribution in [0.2, 0.25) is 10.0 Å². The van der Waals surface area contributed by atoms with Gasteiger partial charge in [0.05, 0.1) is 23.7 Å². The molecule has 30 heavy (non-hydrogen) atoms. The van der Waals surface area contributed by atoms with Gasteiger partial charge in [0.25, 0.3) is 5.91 Å². The van der Waals surface area contributed by atoms with Crippen molar-refractivity contribution in [3.05, 3.63) is 58.1 Å². The molecule has 1 heterocycles. The summed E-state index contributed by atoms with van der Waals surface area (Å²) in [6, 6.07) is 12.2. The molecule has 0 unspecified atom stereocenters. The Labute approximate surface area is 186 Å². The molecule has 0 atom stereocenters. The highest BCUT2D eigenvalue weighted by molar-refractivity contribution is 6.36. The van der Waals surface area contributed by atoms with Crippen molar-refractivity contribution in [3.63, 3.8) is 0 Å². The van der Waals surface area contributed by atoms with E-state index in [1.807, 2.05) is 31.2 Å². The molecular formula is C22H24Cl2N2O4. The molecule has 1 N–H and O–H groups in total. The van der Waals surface area contributed by atoms with Gasteiger partial charge < -0.3 is 19.7 Å². The van der Waals surface area contributed by atoms with Crippen LogP contribution < -0.4 is 14.8 Å². The predicted molar refractivity (Wildman–Crippen MR) is 117 cm³/mol. The number of halogens is 2. The number of rotatable bonds is 7. The van der Waals surface area contributed by atoms with Crippen molar-refractivity contribution in [2.45, 2.75) is 25.9 Å². The second kappa shape index (κ2) is 10.5. The van der Waals surface area contributed by atoms with Crippen molar-refractivity contribution >= 4 is 35.0 Å². The van der Waals surface area contributed by atoms with Crippen molar-refractivity contribution in [3.8, 4) is 11.5 Å². The average molecular weight is 451 g/mol. The Balaban J connectivity index is 1.47. The lowest BCUT2D eigenvalue weighted by Crippen LogP contribution is -2.46. The SMILES string of the molecule is CCOc1ccccc1OC1CCN(C(=O)CNC(=O)c2ccc(Cl)cc2Cl)CC1. The average Bonchev–Trinajstić information content (AvgIpc) is 2.74. The van der Waals surface area contributed by atoms with Crippen LogP contribution in [0.1, 0.15) is 30.1 Å². The van der Waals surface area contributed by atoms with Gasteiger partial charge in [-0.2, -0.15) is 0 Å². The fraction of sp³-hybridized carbons (Fsp3) is 0.364. The molecule has 0 radical (unpaired) electrons. The molecule has 1 aliphatic rings. The second-order valence-corrected chi connectivity index (χ2v) is 7.73. The largest absolute Gasteiger partial charge is 0.490 e. The van der Waals surface area contributed by atoms with Crippen molar-refractivity contribution in [2.24, 2.45) is 0 Å². The van der Waals surface area contributed by atoms with Gasteiger partial charge in [-0.15, -0.1) is 0 Å². The summed E-state index contributed by atoms with van der Waals surface area (Å²) in [4.78, 5) is 26.5. The van der Waals surface area contributed by atoms with E-state index in [2.05, 4.69) is 5.32 Å². The van der Waals surface area contributed by atoms with Crippen LogP contribution in [0.3, 0.4) is 0 Å². The minimum absolute atomic E-state index is 0.0121. The Kier molecular flexibility index (Phi) is 7.82. The maximum absolute atomic E-state index is 12.5. The van der Waals surface area contributed by atoms with Gasteiger partial charge in [-0.1, -0.05) is 35.3 Å². The van der Waals surface area contributed by atoms with E-state index < -0.39 is 5.91 Å². The van der Waals surface area contributed by atoms with Crippen LogP contribution in [0.4, 0.5) is 0 Å². The van der Waals surface area contributed by atoms with E-state index in [1.54, 1.807) is 11.0 Å². The highest BCUT2D eigenvalue weighted by Gasteiger charge is 2.25. The van der Waals surface area contributed by atoms with Crippen LogP contribution in [0.15, 0.2) is 42.5 Å². The van der Waals surface area contributed by atoms with Crippen molar-refractivity contribution in [1.82, 2.24) is 10.2 Å². The molecule has 2 amide bonds. The van der Waals surface area contributed by atoms with Gasteiger partial charge in [0.2, 0.25) is 5.91 Å². The minimum atomic E-state index is -0.407. The van der Waals surface area contributed by atoms with E-state index in [9.17, 15) is 9.59 Å². The fourth-order valence-corrected chi connectivity index (χ4v) is 3.76. The summed E-state index contributed by atoms with van der Waals surface area (Å²) in [5.41, 5.74) is 0.286. The smallest absolute Gasteiger partial charge is 0.253 e. The first-order valence-electron chi connectivity index (χ1n) is 9.87. The molecular weight excluding hydrogens is 427 g/mol. The summed E-state index contributed by atoms with van der Waals surface area (Å²) in [6.45, 7) is 3.55. The molecule has 3 rings (SSSR count). The number of amides is 2. The van der Waals surface area contributed by atoms with Gasteiger partial charge in [0.15, 0.2) is 11.5 Å². The van der Waals surface area contributed by atoms with Gasteiger partial charge in [0, 0.05) is 31.0 Å². The number of piperidine rings is 1. The third kappa shape index (κ3) is 5.80. The maximum atomic E-state index is 12.5. The summed E-state index contributed by atoms with van der Waals surface area (Å²) >= 11 is 11.9. The molecule has 160 valence electrons. The summed E-state index contributed by atoms with van der Waals surface area (Å²) in [5.74, 6) is 0.899. The monoisotopic (exact) mass is 450 g/mol. The summed E-state index contributed by atoms with van der Waals surface area (Å²) in [7, 11) is 0. The highest BCUT2D eigenvalue weighted by Crippen LogP contribution is 2.29. The molecule has 0 saturated carbocycles. The zero-order valence-electron chi connectivity index (χ0n) is 16.7. The molecule has 0 bridgehead atoms. The number of para-hydroxylation sites is 2. The van der Waals surface area contributed by atoms with E-state index in [-0.39, 0.29) is 29.1 Å². The lowest BCUT2D eigenvalue weighted by molar-refractivity contribution is -0.131. The molecule has 1 aliphatic heterocycles. The van der Waals surface area contributed by atoms with Gasteiger partial charge in [0.1, 0.15) is 6.10 Å². The Bertz CT molecular complexity index is 898. The van der Waals surface area contributed by atoms with Crippen LogP contribution in [0.5, 0.6) is 11.5 Å². The third-order valence-electron chi connectivity index (χ3n) is 4.81. The number of hydrogen-bond donors (Lipinski definition) is 1. The van der Waals surface area contributed by atoms with Crippen molar-refractivity contribution in [1.29, 1.82) is 0 Å². The standard InChI is InChI=1S/C22H24Cl2N2O4/c1-2-29-19-5-3-4-6-20(19)30-16-9-11-26(12-10-16)21(27)14-25-22(28)17-8-7-15(23)13-18(17)24/h3-8,13,16H,2,9-12,14H2,1H3,(H,25,28). The minimum Gasteiger partial charge on any atom is -0.490 e. The van der Waals surface area contributed by atoms with E-state index in [0.717, 1.165) is 11.5 Å². The first kappa shape index (κ1) is 22.2. The van der Waals surface area contributed by atoms with Gasteiger partial charge in [-0.25, -0.2) is 0 Å². The summed E-state index contributed by atoms with van der Waals surface area (Å²) in [5, 5.41) is 3.32. The van der Waals surface area contributed by atoms with Crippen LogP contribution in [-0.2, 0) is 4.79 Å². The molecule has 2 aromatic carbocycles. The number of likely N-dealkylation sites (tertiary alicyclic amines) is 1. The van der Waals surface area contributed by atoms with E-state index in [1.165, 1.54) is 12.1 Å². The number of nitrogens with zero attached hydrogens (tertiary/aromatic N) is 1. The zero-order chi connectivity index (χ0) is 21.5. The predicted octanol–water partition coefficient (Wildman–Crippen LogP) is 4.19. The molecule has 0 spiro atoms. The van der Waals surface area contributed by atoms with Gasteiger partial charge in [-0.3, -0.25) is 9.59 Å². The van der Waals surface area contributed by atoms with Gasteiger partial charge >= 0.3 is 0 Å². The molecule has 2 aromatic rings. The number of benzene rings is 2. The summed E-state index contributed by atoms with van der Waals surface area (Å²) < 4.78 is 11.7. The number of carbonyl (C=O) groups is 2. The van der Waals surface area contributed by atoms with Crippen LogP contribution >= 0.6 is 23.2 Å². The number of ether oxygens (including phenoxy) is 2. The first-order chi connectivity index (χ1) is 14.5. The number of hydrogen-bond acceptors (Lipinski definition) is 4. The van der Waals surface area contributed by atoms with E-state index in [4.69, 9.17) is 32.7 Å². The third-order valence-corrected chi connectivity index (χ3v) is 5.36. The first-order valence-corrected chi connectivity index (χ1v) is 10.6. The van der Waals surface area contributed by atoms with Crippen molar-refractivity contribution < 1.29 is 19.1 Å². The number of carbonyl (C=O) groups excluding carboxylic acids is 2. The highest BCUT2D eigenvalue weighted by atomic mass is 35.5. The Morgan fingerprint density at radius 1 is 1.10 bits per heavy atom. The molecule has 1 saturated heterocycles. The van der Waals surface area contributed by atoms with Crippen molar-refractivity contribution in [2.75, 3.05) is 26.2 Å². The summed E-state index contributed by atoms with van der Waals surface area (Å²) in [6.07, 6.45) is 1.44. The molecule has 1 fully saturated rings. The Morgan fingerprint density at radius 2 is 1.80 bits per heavy atom. The van der Waals surface area contributed by atoms with E-state index >= 15 is 0 Å². The Hall–Kier alpha value is -2.44. The van der Waals surface area contributed by atoms with Crippen LogP contribution in [0.25, 0.3) is 0 Å². The van der Waals surface area contributed by atoms with Crippen LogP contribution in [-0.4, -0.2) is 49.1 Å². The maximum Gasteiger partial charge on any atom is 0.253 e. The molecule has 0 aliphatic carbocycles. The topological polar surface area (TPSA) is 67.9 Å². The number of nitrogens with one attached hydrogen (secondary N) is 1. The quantitative estimate of drug-likeness (QED) is 0.686. The fourth-order valence-electron chi connectivity index (χ4n) is 3.26. The zero-order valence-corrected chi connectivity index (χ0v) is 18.2. The van der Waals surface area contributed by atoms with Crippen LogP contribution in [0, 0.1) is 0 Å². The normalized spacial score (nSPS) is 14.3. The molecule has 8 heteroatoms. The Morgan fingerprint density at radius 3 is 2.47 bits per heavy atom. The van der Waals surface area contributed by atoms with E-state index in [0.29, 0.717) is 37.6 Å². The molecule has 6 nitrogen and oxygen atoms in total.